The zero-order chi connectivity index (χ0) is 12.5. The van der Waals surface area contributed by atoms with Crippen LogP contribution in [0.25, 0.3) is 0 Å². The molecule has 0 radical (unpaired) electrons. The van der Waals surface area contributed by atoms with Crippen LogP contribution >= 0.6 is 27.5 Å². The minimum atomic E-state index is 0.189. The molecule has 0 saturated carbocycles. The van der Waals surface area contributed by atoms with Crippen LogP contribution in [0.3, 0.4) is 0 Å². The average molecular weight is 322 g/mol. The monoisotopic (exact) mass is 320 g/mol. The van der Waals surface area contributed by atoms with Crippen LogP contribution in [0.1, 0.15) is 22.6 Å². The van der Waals surface area contributed by atoms with E-state index in [2.05, 4.69) is 58.4 Å². The number of halogens is 2. The van der Waals surface area contributed by atoms with E-state index in [1.54, 1.807) is 0 Å². The molecule has 2 aromatic rings. The molecule has 0 aromatic heterocycles. The van der Waals surface area contributed by atoms with Crippen molar-refractivity contribution in [2.45, 2.75) is 24.1 Å². The van der Waals surface area contributed by atoms with Crippen molar-refractivity contribution in [3.05, 3.63) is 69.7 Å². The Balaban J connectivity index is 1.72. The molecular formula is C16H14BrCl. The van der Waals surface area contributed by atoms with Gasteiger partial charge in [0, 0.05) is 15.8 Å². The van der Waals surface area contributed by atoms with Gasteiger partial charge >= 0.3 is 0 Å². The molecule has 2 heteroatoms. The van der Waals surface area contributed by atoms with Gasteiger partial charge in [-0.2, -0.15) is 0 Å². The molecular weight excluding hydrogens is 308 g/mol. The molecule has 3 rings (SSSR count). The Morgan fingerprint density at radius 3 is 2.78 bits per heavy atom. The molecule has 2 atom stereocenters. The van der Waals surface area contributed by atoms with Gasteiger partial charge in [0.1, 0.15) is 0 Å². The Labute approximate surface area is 121 Å². The van der Waals surface area contributed by atoms with Gasteiger partial charge in [-0.15, -0.1) is 11.6 Å². The Morgan fingerprint density at radius 1 is 1.17 bits per heavy atom. The Morgan fingerprint density at radius 2 is 2.00 bits per heavy atom. The molecule has 0 amide bonds. The van der Waals surface area contributed by atoms with Crippen LogP contribution in [0.5, 0.6) is 0 Å². The highest BCUT2D eigenvalue weighted by atomic mass is 79.9. The summed E-state index contributed by atoms with van der Waals surface area (Å²) in [6, 6.07) is 17.0. The minimum Gasteiger partial charge on any atom is -0.122 e. The van der Waals surface area contributed by atoms with E-state index in [9.17, 15) is 0 Å². The lowest BCUT2D eigenvalue weighted by molar-refractivity contribution is 0.567. The molecule has 2 unspecified atom stereocenters. The van der Waals surface area contributed by atoms with E-state index in [4.69, 9.17) is 11.6 Å². The molecule has 1 aliphatic carbocycles. The van der Waals surface area contributed by atoms with Crippen LogP contribution in [0, 0.1) is 0 Å². The summed E-state index contributed by atoms with van der Waals surface area (Å²) in [4.78, 5) is 0. The third-order valence-electron chi connectivity index (χ3n) is 3.65. The maximum Gasteiger partial charge on any atom is 0.0448 e. The standard InChI is InChI=1S/C16H14BrCl/c17-13-6-3-4-11(8-13)9-16(18)15-10-12-5-1-2-7-14(12)15/h1-8,15-16H,9-10H2. The quantitative estimate of drug-likeness (QED) is 0.703. The Kier molecular flexibility index (Phi) is 3.45. The fourth-order valence-corrected chi connectivity index (χ4v) is 3.50. The number of alkyl halides is 1. The first-order valence-electron chi connectivity index (χ1n) is 6.20. The van der Waals surface area contributed by atoms with Crippen LogP contribution in [0.2, 0.25) is 0 Å². The molecule has 0 N–H and O–H groups in total. The van der Waals surface area contributed by atoms with Gasteiger partial charge in [-0.25, -0.2) is 0 Å². The van der Waals surface area contributed by atoms with Gasteiger partial charge in [0.05, 0.1) is 0 Å². The summed E-state index contributed by atoms with van der Waals surface area (Å²) in [6.07, 6.45) is 2.05. The molecule has 1 aliphatic rings. The first-order valence-corrected chi connectivity index (χ1v) is 7.43. The topological polar surface area (TPSA) is 0 Å². The van der Waals surface area contributed by atoms with Crippen LogP contribution in [0.15, 0.2) is 53.0 Å². The van der Waals surface area contributed by atoms with Crippen molar-refractivity contribution in [2.75, 3.05) is 0 Å². The van der Waals surface area contributed by atoms with E-state index in [1.807, 2.05) is 6.07 Å². The second-order valence-corrected chi connectivity index (χ2v) is 6.34. The molecule has 0 nitrogen and oxygen atoms in total. The number of benzene rings is 2. The zero-order valence-electron chi connectivity index (χ0n) is 9.94. The van der Waals surface area contributed by atoms with Crippen LogP contribution < -0.4 is 0 Å². The Hall–Kier alpha value is -0.790. The van der Waals surface area contributed by atoms with E-state index in [-0.39, 0.29) is 5.38 Å². The van der Waals surface area contributed by atoms with Gasteiger partial charge in [0.2, 0.25) is 0 Å². The highest BCUT2D eigenvalue weighted by molar-refractivity contribution is 9.10. The van der Waals surface area contributed by atoms with Crippen molar-refractivity contribution in [1.29, 1.82) is 0 Å². The normalized spacial score (nSPS) is 18.9. The van der Waals surface area contributed by atoms with Crippen LogP contribution in [-0.4, -0.2) is 5.38 Å². The molecule has 18 heavy (non-hydrogen) atoms. The van der Waals surface area contributed by atoms with Crippen LogP contribution in [0.4, 0.5) is 0 Å². The largest absolute Gasteiger partial charge is 0.122 e. The molecule has 0 fully saturated rings. The fraction of sp³-hybridized carbons (Fsp3) is 0.250. The van der Waals surface area contributed by atoms with E-state index in [1.165, 1.54) is 16.7 Å². The van der Waals surface area contributed by atoms with E-state index >= 15 is 0 Å². The SMILES string of the molecule is ClC(Cc1cccc(Br)c1)C1Cc2ccccc21. The lowest BCUT2D eigenvalue weighted by atomic mass is 9.74. The highest BCUT2D eigenvalue weighted by Crippen LogP contribution is 2.40. The molecule has 0 aliphatic heterocycles. The molecule has 2 aromatic carbocycles. The average Bonchev–Trinajstić information content (AvgIpc) is 2.30. The fourth-order valence-electron chi connectivity index (χ4n) is 2.65. The second-order valence-electron chi connectivity index (χ2n) is 4.86. The molecule has 0 heterocycles. The number of hydrogen-bond acceptors (Lipinski definition) is 0. The van der Waals surface area contributed by atoms with Crippen molar-refractivity contribution in [3.63, 3.8) is 0 Å². The third kappa shape index (κ3) is 2.34. The number of hydrogen-bond donors (Lipinski definition) is 0. The van der Waals surface area contributed by atoms with Gasteiger partial charge in [-0.05, 0) is 41.7 Å². The van der Waals surface area contributed by atoms with Gasteiger partial charge in [0.15, 0.2) is 0 Å². The maximum absolute atomic E-state index is 6.58. The van der Waals surface area contributed by atoms with Crippen molar-refractivity contribution >= 4 is 27.5 Å². The Bertz CT molecular complexity index is 565. The molecule has 92 valence electrons. The van der Waals surface area contributed by atoms with E-state index in [0.717, 1.165) is 17.3 Å². The highest BCUT2D eigenvalue weighted by Gasteiger charge is 2.31. The van der Waals surface area contributed by atoms with Crippen molar-refractivity contribution in [2.24, 2.45) is 0 Å². The van der Waals surface area contributed by atoms with Crippen molar-refractivity contribution in [3.8, 4) is 0 Å². The van der Waals surface area contributed by atoms with Crippen molar-refractivity contribution < 1.29 is 0 Å². The number of fused-ring (bicyclic) bond motifs is 1. The summed E-state index contributed by atoms with van der Waals surface area (Å²) in [6.45, 7) is 0. The number of rotatable bonds is 3. The van der Waals surface area contributed by atoms with Crippen LogP contribution in [-0.2, 0) is 12.8 Å². The predicted molar refractivity (Wildman–Crippen MR) is 80.4 cm³/mol. The summed E-state index contributed by atoms with van der Waals surface area (Å²) in [5, 5.41) is 0.189. The van der Waals surface area contributed by atoms with Crippen molar-refractivity contribution in [1.82, 2.24) is 0 Å². The molecule has 0 spiro atoms. The maximum atomic E-state index is 6.58. The van der Waals surface area contributed by atoms with E-state index < -0.39 is 0 Å². The van der Waals surface area contributed by atoms with E-state index in [0.29, 0.717) is 5.92 Å². The molecule has 0 saturated heterocycles. The van der Waals surface area contributed by atoms with Gasteiger partial charge in [0.25, 0.3) is 0 Å². The summed E-state index contributed by atoms with van der Waals surface area (Å²) < 4.78 is 1.12. The third-order valence-corrected chi connectivity index (χ3v) is 4.60. The summed E-state index contributed by atoms with van der Waals surface area (Å²) >= 11 is 10.1. The summed E-state index contributed by atoms with van der Waals surface area (Å²) in [5.74, 6) is 0.516. The second kappa shape index (κ2) is 5.07. The summed E-state index contributed by atoms with van der Waals surface area (Å²) in [7, 11) is 0. The van der Waals surface area contributed by atoms with Gasteiger partial charge in [-0.3, -0.25) is 0 Å². The first kappa shape index (κ1) is 12.3. The van der Waals surface area contributed by atoms with Gasteiger partial charge < -0.3 is 0 Å². The first-order chi connectivity index (χ1) is 8.74. The predicted octanol–water partition coefficient (Wildman–Crippen LogP) is 4.94. The summed E-state index contributed by atoms with van der Waals surface area (Å²) in [5.41, 5.74) is 4.20. The smallest absolute Gasteiger partial charge is 0.0448 e. The lowest BCUT2D eigenvalue weighted by Crippen LogP contribution is -2.26. The molecule has 0 bridgehead atoms. The lowest BCUT2D eigenvalue weighted by Gasteiger charge is -2.33. The zero-order valence-corrected chi connectivity index (χ0v) is 12.3. The minimum absolute atomic E-state index is 0.189. The van der Waals surface area contributed by atoms with Gasteiger partial charge in [-0.1, -0.05) is 52.3 Å².